The molecule has 0 radical (unpaired) electrons. The zero-order chi connectivity index (χ0) is 22.5. The predicted octanol–water partition coefficient (Wildman–Crippen LogP) is 2.72. The van der Waals surface area contributed by atoms with Crippen molar-refractivity contribution >= 4 is 34.8 Å². The number of aromatic nitrogens is 4. The molecule has 10 nitrogen and oxygen atoms in total. The van der Waals surface area contributed by atoms with Gasteiger partial charge in [-0.3, -0.25) is 4.79 Å². The van der Waals surface area contributed by atoms with Crippen molar-refractivity contribution in [2.24, 2.45) is 0 Å². The van der Waals surface area contributed by atoms with E-state index in [2.05, 4.69) is 30.5 Å². The highest BCUT2D eigenvalue weighted by atomic mass is 32.1. The highest BCUT2D eigenvalue weighted by molar-refractivity contribution is 7.09. The number of morpholine rings is 1. The van der Waals surface area contributed by atoms with E-state index in [-0.39, 0.29) is 11.9 Å². The van der Waals surface area contributed by atoms with E-state index in [1.54, 1.807) is 30.6 Å². The molecule has 4 heterocycles. The van der Waals surface area contributed by atoms with E-state index in [1.165, 1.54) is 6.20 Å². The van der Waals surface area contributed by atoms with Gasteiger partial charge >= 0.3 is 0 Å². The average molecular weight is 456 g/mol. The lowest BCUT2D eigenvalue weighted by Gasteiger charge is -2.28. The molecule has 1 amide bonds. The summed E-state index contributed by atoms with van der Waals surface area (Å²) in [7, 11) is 1.55. The molecule has 0 saturated carbocycles. The SMILES string of the molecule is COc1ccc(C(=O)N[C@@H](C)c2cc(Nc3csc(C)n3)nc(N3CCOCC3)n2)nc1. The fourth-order valence-electron chi connectivity index (χ4n) is 3.18. The number of carbonyl (C=O) groups excluding carboxylic acids is 1. The van der Waals surface area contributed by atoms with Gasteiger partial charge < -0.3 is 25.0 Å². The number of aryl methyl sites for hydroxylation is 1. The number of anilines is 3. The van der Waals surface area contributed by atoms with E-state index in [4.69, 9.17) is 14.5 Å². The van der Waals surface area contributed by atoms with Crippen molar-refractivity contribution in [2.45, 2.75) is 19.9 Å². The molecule has 3 aromatic heterocycles. The molecular formula is C21H25N7O3S. The molecular weight excluding hydrogens is 430 g/mol. The van der Waals surface area contributed by atoms with Gasteiger partial charge in [-0.2, -0.15) is 4.98 Å². The van der Waals surface area contributed by atoms with Crippen LogP contribution in [0.4, 0.5) is 17.6 Å². The first-order chi connectivity index (χ1) is 15.5. The van der Waals surface area contributed by atoms with Gasteiger partial charge in [0.1, 0.15) is 23.1 Å². The highest BCUT2D eigenvalue weighted by Crippen LogP contribution is 2.23. The summed E-state index contributed by atoms with van der Waals surface area (Å²) in [6.45, 7) is 6.48. The molecule has 0 aliphatic carbocycles. The average Bonchev–Trinajstić information content (AvgIpc) is 3.23. The van der Waals surface area contributed by atoms with E-state index >= 15 is 0 Å². The molecule has 0 aromatic carbocycles. The second-order valence-electron chi connectivity index (χ2n) is 7.23. The molecule has 0 spiro atoms. The van der Waals surface area contributed by atoms with Crippen molar-refractivity contribution in [3.8, 4) is 5.75 Å². The second-order valence-corrected chi connectivity index (χ2v) is 8.29. The Morgan fingerprint density at radius 1 is 1.22 bits per heavy atom. The van der Waals surface area contributed by atoms with E-state index in [0.717, 1.165) is 10.8 Å². The third-order valence-electron chi connectivity index (χ3n) is 4.90. The van der Waals surface area contributed by atoms with Crippen molar-refractivity contribution in [3.05, 3.63) is 46.2 Å². The van der Waals surface area contributed by atoms with E-state index < -0.39 is 0 Å². The summed E-state index contributed by atoms with van der Waals surface area (Å²) in [6, 6.07) is 4.78. The third kappa shape index (κ3) is 5.29. The van der Waals surface area contributed by atoms with Gasteiger partial charge in [-0.1, -0.05) is 0 Å². The van der Waals surface area contributed by atoms with Crippen LogP contribution in [0.2, 0.25) is 0 Å². The number of nitrogens with one attached hydrogen (secondary N) is 2. The van der Waals surface area contributed by atoms with Crippen LogP contribution in [0.3, 0.4) is 0 Å². The summed E-state index contributed by atoms with van der Waals surface area (Å²) in [5.41, 5.74) is 0.981. The Labute approximate surface area is 190 Å². The first kappa shape index (κ1) is 21.9. The van der Waals surface area contributed by atoms with Crippen molar-refractivity contribution in [1.29, 1.82) is 0 Å². The number of hydrogen-bond acceptors (Lipinski definition) is 10. The van der Waals surface area contributed by atoms with Gasteiger partial charge in [0.25, 0.3) is 5.91 Å². The maximum atomic E-state index is 12.7. The minimum atomic E-state index is -0.369. The quantitative estimate of drug-likeness (QED) is 0.555. The van der Waals surface area contributed by atoms with Crippen molar-refractivity contribution in [2.75, 3.05) is 43.6 Å². The van der Waals surface area contributed by atoms with Gasteiger partial charge in [0.15, 0.2) is 0 Å². The number of ether oxygens (including phenoxy) is 2. The van der Waals surface area contributed by atoms with Crippen LogP contribution in [0.5, 0.6) is 5.75 Å². The highest BCUT2D eigenvalue weighted by Gasteiger charge is 2.20. The lowest BCUT2D eigenvalue weighted by molar-refractivity contribution is 0.0934. The molecule has 1 fully saturated rings. The molecule has 0 bridgehead atoms. The topological polar surface area (TPSA) is 114 Å². The zero-order valence-electron chi connectivity index (χ0n) is 18.2. The number of pyridine rings is 1. The number of methoxy groups -OCH3 is 1. The molecule has 2 N–H and O–H groups in total. The standard InChI is InChI=1S/C21H25N7O3S/c1-13(23-20(29)16-5-4-15(30-3)11-22-16)17-10-18(26-19-12-32-14(2)24-19)27-21(25-17)28-6-8-31-9-7-28/h4-5,10-13H,6-9H2,1-3H3,(H,23,29)(H,25,26,27)/t13-/m0/s1. The minimum Gasteiger partial charge on any atom is -0.495 e. The van der Waals surface area contributed by atoms with Gasteiger partial charge in [0.2, 0.25) is 5.95 Å². The Morgan fingerprint density at radius 2 is 2.03 bits per heavy atom. The molecule has 11 heteroatoms. The Morgan fingerprint density at radius 3 is 2.69 bits per heavy atom. The summed E-state index contributed by atoms with van der Waals surface area (Å²) in [5.74, 6) is 2.23. The molecule has 32 heavy (non-hydrogen) atoms. The number of amides is 1. The molecule has 4 rings (SSSR count). The van der Waals surface area contributed by atoms with Gasteiger partial charge in [-0.25, -0.2) is 15.0 Å². The summed E-state index contributed by atoms with van der Waals surface area (Å²) in [4.78, 5) is 32.8. The number of thiazole rings is 1. The van der Waals surface area contributed by atoms with Crippen LogP contribution in [-0.2, 0) is 4.74 Å². The smallest absolute Gasteiger partial charge is 0.270 e. The van der Waals surface area contributed by atoms with Crippen LogP contribution in [0.15, 0.2) is 29.8 Å². The normalized spacial score (nSPS) is 14.7. The van der Waals surface area contributed by atoms with Crippen LogP contribution in [-0.4, -0.2) is 59.3 Å². The summed E-state index contributed by atoms with van der Waals surface area (Å²) >= 11 is 1.56. The van der Waals surface area contributed by atoms with Crippen LogP contribution >= 0.6 is 11.3 Å². The van der Waals surface area contributed by atoms with Crippen LogP contribution in [0.1, 0.15) is 34.2 Å². The first-order valence-electron chi connectivity index (χ1n) is 10.2. The summed E-state index contributed by atoms with van der Waals surface area (Å²) in [6.07, 6.45) is 1.51. The lowest BCUT2D eigenvalue weighted by Crippen LogP contribution is -2.38. The Hall–Kier alpha value is -3.31. The van der Waals surface area contributed by atoms with Gasteiger partial charge in [0, 0.05) is 24.5 Å². The third-order valence-corrected chi connectivity index (χ3v) is 5.67. The summed E-state index contributed by atoms with van der Waals surface area (Å²) in [5, 5.41) is 9.10. The van der Waals surface area contributed by atoms with E-state index in [9.17, 15) is 4.79 Å². The zero-order valence-corrected chi connectivity index (χ0v) is 19.0. The molecule has 3 aromatic rings. The van der Waals surface area contributed by atoms with Gasteiger partial charge in [-0.05, 0) is 26.0 Å². The molecule has 0 unspecified atom stereocenters. The number of rotatable bonds is 7. The molecule has 1 atom stereocenters. The van der Waals surface area contributed by atoms with Crippen LogP contribution in [0.25, 0.3) is 0 Å². The fraction of sp³-hybridized carbons (Fsp3) is 0.381. The Kier molecular flexibility index (Phi) is 6.76. The number of nitrogens with zero attached hydrogens (tertiary/aromatic N) is 5. The van der Waals surface area contributed by atoms with Gasteiger partial charge in [0.05, 0.1) is 43.3 Å². The van der Waals surface area contributed by atoms with Crippen molar-refractivity contribution < 1.29 is 14.3 Å². The predicted molar refractivity (Wildman–Crippen MR) is 122 cm³/mol. The van der Waals surface area contributed by atoms with E-state index in [0.29, 0.717) is 55.2 Å². The molecule has 168 valence electrons. The molecule has 1 aliphatic heterocycles. The Balaban J connectivity index is 1.57. The summed E-state index contributed by atoms with van der Waals surface area (Å²) < 4.78 is 10.5. The van der Waals surface area contributed by atoms with Crippen molar-refractivity contribution in [1.82, 2.24) is 25.3 Å². The lowest BCUT2D eigenvalue weighted by atomic mass is 10.2. The second kappa shape index (κ2) is 9.88. The fourth-order valence-corrected chi connectivity index (χ4v) is 3.72. The molecule has 1 saturated heterocycles. The van der Waals surface area contributed by atoms with Gasteiger partial charge in [-0.15, -0.1) is 11.3 Å². The van der Waals surface area contributed by atoms with Crippen molar-refractivity contribution in [3.63, 3.8) is 0 Å². The number of hydrogen-bond donors (Lipinski definition) is 2. The first-order valence-corrected chi connectivity index (χ1v) is 11.1. The minimum absolute atomic E-state index is 0.295. The largest absolute Gasteiger partial charge is 0.495 e. The van der Waals surface area contributed by atoms with Crippen LogP contribution in [0, 0.1) is 6.92 Å². The maximum Gasteiger partial charge on any atom is 0.270 e. The monoisotopic (exact) mass is 455 g/mol. The Bertz CT molecular complexity index is 1070. The van der Waals surface area contributed by atoms with Crippen LogP contribution < -0.4 is 20.3 Å². The maximum absolute atomic E-state index is 12.7. The number of carbonyl (C=O) groups is 1. The van der Waals surface area contributed by atoms with E-state index in [1.807, 2.05) is 25.3 Å². The molecule has 1 aliphatic rings.